The number of nitrogens with zero attached hydrogens (tertiary/aromatic N) is 1. The summed E-state index contributed by atoms with van der Waals surface area (Å²) in [4.78, 5) is 0. The maximum absolute atomic E-state index is 5.58. The summed E-state index contributed by atoms with van der Waals surface area (Å²) in [5.41, 5.74) is 3.70. The fourth-order valence-electron chi connectivity index (χ4n) is 1.29. The van der Waals surface area contributed by atoms with Crippen molar-refractivity contribution in [3.05, 3.63) is 28.2 Å². The summed E-state index contributed by atoms with van der Waals surface area (Å²) in [6.07, 6.45) is 2.69. The molecule has 2 N–H and O–H groups in total. The van der Waals surface area contributed by atoms with E-state index in [9.17, 15) is 0 Å². The molecule has 0 saturated carbocycles. The first-order valence-electron chi connectivity index (χ1n) is 6.16. The van der Waals surface area contributed by atoms with Crippen LogP contribution in [0.1, 0.15) is 25.8 Å². The van der Waals surface area contributed by atoms with E-state index in [-0.39, 0.29) is 0 Å². The standard InChI is InChI=1S/C13H18BrN3OS/c1-3-7-18-12-6-5-10(8-11(12)14)9-16-17-13(19)15-4-2/h5-6,8-9H,3-4,7H2,1-2H3,(H2,15,17,19)/b16-9+. The van der Waals surface area contributed by atoms with E-state index in [1.165, 1.54) is 0 Å². The van der Waals surface area contributed by atoms with Crippen LogP contribution >= 0.6 is 28.1 Å². The minimum atomic E-state index is 0.515. The molecule has 1 aromatic rings. The number of hydrogen-bond donors (Lipinski definition) is 2. The normalized spacial score (nSPS) is 10.5. The van der Waals surface area contributed by atoms with Crippen molar-refractivity contribution >= 4 is 39.5 Å². The second-order valence-electron chi connectivity index (χ2n) is 3.77. The third kappa shape index (κ3) is 6.02. The Balaban J connectivity index is 2.57. The number of thiocarbonyl (C=S) groups is 1. The number of halogens is 1. The Morgan fingerprint density at radius 3 is 2.89 bits per heavy atom. The van der Waals surface area contributed by atoms with Crippen LogP contribution in [-0.2, 0) is 0 Å². The summed E-state index contributed by atoms with van der Waals surface area (Å²) in [5.74, 6) is 0.843. The molecule has 0 fully saturated rings. The van der Waals surface area contributed by atoms with Crippen molar-refractivity contribution in [2.75, 3.05) is 13.2 Å². The van der Waals surface area contributed by atoms with E-state index in [0.717, 1.165) is 28.8 Å². The van der Waals surface area contributed by atoms with Gasteiger partial charge in [0.1, 0.15) is 5.75 Å². The van der Waals surface area contributed by atoms with Gasteiger partial charge in [-0.05, 0) is 65.3 Å². The molecule has 19 heavy (non-hydrogen) atoms. The maximum atomic E-state index is 5.58. The molecule has 1 aromatic carbocycles. The Labute approximate surface area is 127 Å². The predicted molar refractivity (Wildman–Crippen MR) is 86.9 cm³/mol. The zero-order valence-corrected chi connectivity index (χ0v) is 13.5. The van der Waals surface area contributed by atoms with Gasteiger partial charge >= 0.3 is 0 Å². The molecule has 0 aliphatic carbocycles. The Kier molecular flexibility index (Phi) is 7.43. The Bertz CT molecular complexity index is 452. The first-order chi connectivity index (χ1) is 9.17. The molecule has 0 bridgehead atoms. The van der Waals surface area contributed by atoms with E-state index < -0.39 is 0 Å². The van der Waals surface area contributed by atoms with Crippen LogP contribution in [0.15, 0.2) is 27.8 Å². The highest BCUT2D eigenvalue weighted by molar-refractivity contribution is 9.10. The van der Waals surface area contributed by atoms with Crippen molar-refractivity contribution in [1.82, 2.24) is 10.7 Å². The SMILES string of the molecule is CCCOc1ccc(/C=N/NC(=S)NCC)cc1Br. The molecule has 0 aliphatic heterocycles. The lowest BCUT2D eigenvalue weighted by molar-refractivity contribution is 0.315. The van der Waals surface area contributed by atoms with Gasteiger partial charge in [-0.3, -0.25) is 5.43 Å². The fraction of sp³-hybridized carbons (Fsp3) is 0.385. The average molecular weight is 344 g/mol. The quantitative estimate of drug-likeness (QED) is 0.473. The number of nitrogens with one attached hydrogen (secondary N) is 2. The molecule has 1 rings (SSSR count). The molecule has 4 nitrogen and oxygen atoms in total. The molecule has 104 valence electrons. The largest absolute Gasteiger partial charge is 0.492 e. The molecule has 0 heterocycles. The number of ether oxygens (including phenoxy) is 1. The summed E-state index contributed by atoms with van der Waals surface area (Å²) in [6, 6.07) is 5.81. The van der Waals surface area contributed by atoms with E-state index in [0.29, 0.717) is 11.7 Å². The predicted octanol–water partition coefficient (Wildman–Crippen LogP) is 3.06. The second-order valence-corrected chi connectivity index (χ2v) is 5.03. The topological polar surface area (TPSA) is 45.6 Å². The lowest BCUT2D eigenvalue weighted by Gasteiger charge is -2.07. The molecule has 0 spiro atoms. The molecular formula is C13H18BrN3OS. The smallest absolute Gasteiger partial charge is 0.186 e. The van der Waals surface area contributed by atoms with Crippen LogP contribution in [-0.4, -0.2) is 24.5 Å². The Morgan fingerprint density at radius 1 is 1.47 bits per heavy atom. The molecule has 0 amide bonds. The summed E-state index contributed by atoms with van der Waals surface area (Å²) in [7, 11) is 0. The van der Waals surface area contributed by atoms with Crippen LogP contribution in [0.3, 0.4) is 0 Å². The van der Waals surface area contributed by atoms with E-state index in [4.69, 9.17) is 17.0 Å². The van der Waals surface area contributed by atoms with Crippen molar-refractivity contribution in [3.8, 4) is 5.75 Å². The highest BCUT2D eigenvalue weighted by Crippen LogP contribution is 2.25. The van der Waals surface area contributed by atoms with E-state index in [1.807, 2.05) is 25.1 Å². The molecule has 0 atom stereocenters. The second kappa shape index (κ2) is 8.87. The van der Waals surface area contributed by atoms with Gasteiger partial charge in [0.15, 0.2) is 5.11 Å². The lowest BCUT2D eigenvalue weighted by atomic mass is 10.2. The molecular weight excluding hydrogens is 326 g/mol. The Hall–Kier alpha value is -1.14. The van der Waals surface area contributed by atoms with Gasteiger partial charge in [0.2, 0.25) is 0 Å². The van der Waals surface area contributed by atoms with Crippen LogP contribution in [0.5, 0.6) is 5.75 Å². The zero-order valence-electron chi connectivity index (χ0n) is 11.1. The molecule has 0 radical (unpaired) electrons. The minimum Gasteiger partial charge on any atom is -0.492 e. The van der Waals surface area contributed by atoms with Crippen molar-refractivity contribution in [2.45, 2.75) is 20.3 Å². The van der Waals surface area contributed by atoms with Crippen LogP contribution in [0.25, 0.3) is 0 Å². The van der Waals surface area contributed by atoms with Crippen LogP contribution in [0, 0.1) is 0 Å². The monoisotopic (exact) mass is 343 g/mol. The lowest BCUT2D eigenvalue weighted by Crippen LogP contribution is -2.31. The summed E-state index contributed by atoms with van der Waals surface area (Å²) < 4.78 is 6.49. The van der Waals surface area contributed by atoms with Gasteiger partial charge in [0.05, 0.1) is 17.3 Å². The van der Waals surface area contributed by atoms with E-state index >= 15 is 0 Å². The van der Waals surface area contributed by atoms with Crippen LogP contribution < -0.4 is 15.5 Å². The highest BCUT2D eigenvalue weighted by atomic mass is 79.9. The Morgan fingerprint density at radius 2 is 2.26 bits per heavy atom. The molecule has 0 unspecified atom stereocenters. The van der Waals surface area contributed by atoms with E-state index in [2.05, 4.69) is 38.7 Å². The summed E-state index contributed by atoms with van der Waals surface area (Å²) >= 11 is 8.48. The number of hydrazone groups is 1. The first-order valence-corrected chi connectivity index (χ1v) is 7.36. The van der Waals surface area contributed by atoms with Crippen LogP contribution in [0.4, 0.5) is 0 Å². The van der Waals surface area contributed by atoms with Crippen molar-refractivity contribution < 1.29 is 4.74 Å². The van der Waals surface area contributed by atoms with Gasteiger partial charge in [-0.1, -0.05) is 6.92 Å². The first kappa shape index (κ1) is 15.9. The zero-order chi connectivity index (χ0) is 14.1. The summed E-state index contributed by atoms with van der Waals surface area (Å²) in [6.45, 7) is 5.54. The number of rotatable bonds is 6. The number of benzene rings is 1. The molecule has 0 aliphatic rings. The summed E-state index contributed by atoms with van der Waals surface area (Å²) in [5, 5.41) is 7.52. The van der Waals surface area contributed by atoms with Gasteiger partial charge in [0, 0.05) is 6.54 Å². The van der Waals surface area contributed by atoms with Gasteiger partial charge in [-0.2, -0.15) is 5.10 Å². The average Bonchev–Trinajstić information content (AvgIpc) is 2.38. The van der Waals surface area contributed by atoms with Gasteiger partial charge < -0.3 is 10.1 Å². The molecule has 0 saturated heterocycles. The molecule has 0 aromatic heterocycles. The highest BCUT2D eigenvalue weighted by Gasteiger charge is 2.01. The number of hydrogen-bond acceptors (Lipinski definition) is 3. The van der Waals surface area contributed by atoms with Crippen molar-refractivity contribution in [2.24, 2.45) is 5.10 Å². The fourth-order valence-corrected chi connectivity index (χ4v) is 2.00. The van der Waals surface area contributed by atoms with Gasteiger partial charge in [-0.25, -0.2) is 0 Å². The van der Waals surface area contributed by atoms with Gasteiger partial charge in [0.25, 0.3) is 0 Å². The third-order valence-electron chi connectivity index (χ3n) is 2.13. The molecule has 6 heteroatoms. The van der Waals surface area contributed by atoms with Gasteiger partial charge in [-0.15, -0.1) is 0 Å². The van der Waals surface area contributed by atoms with Crippen molar-refractivity contribution in [3.63, 3.8) is 0 Å². The maximum Gasteiger partial charge on any atom is 0.186 e. The van der Waals surface area contributed by atoms with Crippen molar-refractivity contribution in [1.29, 1.82) is 0 Å². The third-order valence-corrected chi connectivity index (χ3v) is 2.99. The minimum absolute atomic E-state index is 0.515. The van der Waals surface area contributed by atoms with Crippen LogP contribution in [0.2, 0.25) is 0 Å². The van der Waals surface area contributed by atoms with E-state index in [1.54, 1.807) is 6.21 Å².